The number of rotatable bonds is 10. The average Bonchev–Trinajstić information content (AvgIpc) is 2.95. The highest BCUT2D eigenvalue weighted by atomic mass is 35.5. The Hall–Kier alpha value is -4.35. The number of ether oxygens (including phenoxy) is 4. The first-order valence-corrected chi connectivity index (χ1v) is 12.1. The lowest BCUT2D eigenvalue weighted by atomic mass is 9.96. The van der Waals surface area contributed by atoms with Gasteiger partial charge in [-0.25, -0.2) is 9.78 Å². The number of nitrogens with zero attached hydrogens (tertiary/aromatic N) is 3. The number of esters is 1. The average molecular weight is 571 g/mol. The van der Waals surface area contributed by atoms with E-state index in [0.717, 1.165) is 11.3 Å². The Balaban J connectivity index is 0.00000441. The van der Waals surface area contributed by atoms with E-state index in [0.29, 0.717) is 33.8 Å². The molecule has 0 aliphatic heterocycles. The number of fused-ring (bicyclic) bond motifs is 1. The Morgan fingerprint density at radius 3 is 2.25 bits per heavy atom. The summed E-state index contributed by atoms with van der Waals surface area (Å²) in [4.78, 5) is 36.1. The molecule has 0 bridgehead atoms. The molecule has 2 N–H and O–H groups in total. The second-order valence-electron chi connectivity index (χ2n) is 8.56. The summed E-state index contributed by atoms with van der Waals surface area (Å²) in [6.45, 7) is 1.92. The molecule has 1 aromatic carbocycles. The van der Waals surface area contributed by atoms with Crippen LogP contribution in [0.3, 0.4) is 0 Å². The van der Waals surface area contributed by atoms with Gasteiger partial charge in [0.15, 0.2) is 11.5 Å². The van der Waals surface area contributed by atoms with Gasteiger partial charge in [-0.05, 0) is 48.4 Å². The maximum absolute atomic E-state index is 14.1. The standard InChI is InChI=1S/C28H30N4O7.ClH/c1-16-12-17(6-8-29-16)15-32-24(28(35)39-5)22(18-13-20(36-2)25(38-4)21(14-18)37-3)19-7-9-30-26(31-10-11-33)23(19)27(32)34;/h6-9,12-14,33H,10-11,15H2,1-5H3,(H,30,31);1H. The summed E-state index contributed by atoms with van der Waals surface area (Å²) in [5, 5.41) is 13.1. The summed E-state index contributed by atoms with van der Waals surface area (Å²) in [6, 6.07) is 8.68. The fourth-order valence-corrected chi connectivity index (χ4v) is 4.56. The number of hydrogen-bond acceptors (Lipinski definition) is 10. The van der Waals surface area contributed by atoms with Gasteiger partial charge in [-0.1, -0.05) is 0 Å². The zero-order valence-corrected chi connectivity index (χ0v) is 23.6. The zero-order chi connectivity index (χ0) is 28.1. The van der Waals surface area contributed by atoms with Crippen molar-refractivity contribution >= 4 is 35.0 Å². The minimum absolute atomic E-state index is 0. The van der Waals surface area contributed by atoms with Crippen LogP contribution in [0.1, 0.15) is 21.7 Å². The second-order valence-corrected chi connectivity index (χ2v) is 8.56. The Morgan fingerprint density at radius 2 is 1.68 bits per heavy atom. The molecule has 0 aliphatic carbocycles. The zero-order valence-electron chi connectivity index (χ0n) is 22.8. The lowest BCUT2D eigenvalue weighted by Crippen LogP contribution is -2.29. The molecule has 0 unspecified atom stereocenters. The van der Waals surface area contributed by atoms with Crippen molar-refractivity contribution in [1.29, 1.82) is 0 Å². The number of carbonyl (C=O) groups is 1. The number of aromatic nitrogens is 3. The highest BCUT2D eigenvalue weighted by Crippen LogP contribution is 2.43. The molecule has 0 saturated carbocycles. The number of nitrogens with one attached hydrogen (secondary N) is 1. The van der Waals surface area contributed by atoms with Crippen LogP contribution < -0.4 is 25.1 Å². The van der Waals surface area contributed by atoms with E-state index in [4.69, 9.17) is 18.9 Å². The van der Waals surface area contributed by atoms with Crippen LogP contribution in [-0.2, 0) is 11.3 Å². The number of hydrogen-bond donors (Lipinski definition) is 2. The van der Waals surface area contributed by atoms with Crippen LogP contribution in [0, 0.1) is 6.92 Å². The molecule has 12 heteroatoms. The molecule has 0 atom stereocenters. The van der Waals surface area contributed by atoms with Gasteiger partial charge in [0.1, 0.15) is 11.5 Å². The van der Waals surface area contributed by atoms with Crippen molar-refractivity contribution in [2.45, 2.75) is 13.5 Å². The first-order valence-electron chi connectivity index (χ1n) is 12.1. The van der Waals surface area contributed by atoms with E-state index in [1.165, 1.54) is 39.2 Å². The van der Waals surface area contributed by atoms with E-state index in [1.807, 2.05) is 13.0 Å². The van der Waals surface area contributed by atoms with Gasteiger partial charge in [-0.2, -0.15) is 0 Å². The highest BCUT2D eigenvalue weighted by Gasteiger charge is 2.27. The quantitative estimate of drug-likeness (QED) is 0.273. The van der Waals surface area contributed by atoms with Crippen LogP contribution in [0.4, 0.5) is 5.82 Å². The van der Waals surface area contributed by atoms with Gasteiger partial charge >= 0.3 is 5.97 Å². The second kappa shape index (κ2) is 13.1. The van der Waals surface area contributed by atoms with Gasteiger partial charge in [0.05, 0.1) is 47.0 Å². The van der Waals surface area contributed by atoms with Crippen molar-refractivity contribution < 1.29 is 28.8 Å². The van der Waals surface area contributed by atoms with Crippen LogP contribution in [-0.4, -0.2) is 67.2 Å². The molecule has 40 heavy (non-hydrogen) atoms. The number of methoxy groups -OCH3 is 4. The van der Waals surface area contributed by atoms with Crippen LogP contribution >= 0.6 is 12.4 Å². The first kappa shape index (κ1) is 30.2. The van der Waals surface area contributed by atoms with Crippen molar-refractivity contribution in [2.75, 3.05) is 46.9 Å². The molecule has 3 aromatic heterocycles. The van der Waals surface area contributed by atoms with E-state index in [-0.39, 0.29) is 49.0 Å². The Morgan fingerprint density at radius 1 is 1.00 bits per heavy atom. The summed E-state index contributed by atoms with van der Waals surface area (Å²) >= 11 is 0. The number of benzene rings is 1. The van der Waals surface area contributed by atoms with E-state index >= 15 is 0 Å². The van der Waals surface area contributed by atoms with Crippen LogP contribution in [0.5, 0.6) is 17.2 Å². The van der Waals surface area contributed by atoms with Crippen molar-refractivity contribution in [3.8, 4) is 28.4 Å². The van der Waals surface area contributed by atoms with Crippen molar-refractivity contribution in [3.05, 3.63) is 70.0 Å². The van der Waals surface area contributed by atoms with E-state index in [2.05, 4.69) is 15.3 Å². The molecule has 0 radical (unpaired) electrons. The van der Waals surface area contributed by atoms with Crippen molar-refractivity contribution in [3.63, 3.8) is 0 Å². The summed E-state index contributed by atoms with van der Waals surface area (Å²) in [7, 11) is 5.75. The fourth-order valence-electron chi connectivity index (χ4n) is 4.56. The molecule has 11 nitrogen and oxygen atoms in total. The summed E-state index contributed by atoms with van der Waals surface area (Å²) < 4.78 is 23.2. The van der Waals surface area contributed by atoms with Gasteiger partial charge < -0.3 is 29.4 Å². The number of pyridine rings is 3. The summed E-state index contributed by atoms with van der Waals surface area (Å²) in [5.41, 5.74) is 2.05. The number of aryl methyl sites for hydroxylation is 1. The number of halogens is 1. The molecule has 212 valence electrons. The number of anilines is 1. The maximum atomic E-state index is 14.1. The molecular formula is C28H31ClN4O7. The molecule has 4 aromatic rings. The summed E-state index contributed by atoms with van der Waals surface area (Å²) in [6.07, 6.45) is 3.17. The largest absolute Gasteiger partial charge is 0.493 e. The van der Waals surface area contributed by atoms with E-state index < -0.39 is 11.5 Å². The minimum Gasteiger partial charge on any atom is -0.493 e. The molecule has 0 saturated heterocycles. The Labute approximate surface area is 237 Å². The van der Waals surface area contributed by atoms with Gasteiger partial charge in [0, 0.05) is 35.6 Å². The minimum atomic E-state index is -0.704. The van der Waals surface area contributed by atoms with Crippen LogP contribution in [0.15, 0.2) is 47.5 Å². The van der Waals surface area contributed by atoms with Gasteiger partial charge in [0.2, 0.25) is 5.75 Å². The predicted molar refractivity (Wildman–Crippen MR) is 153 cm³/mol. The molecule has 0 fully saturated rings. The molecular weight excluding hydrogens is 540 g/mol. The topological polar surface area (TPSA) is 134 Å². The smallest absolute Gasteiger partial charge is 0.355 e. The number of aliphatic hydroxyl groups is 1. The lowest BCUT2D eigenvalue weighted by molar-refractivity contribution is 0.0588. The fraction of sp³-hybridized carbons (Fsp3) is 0.286. The summed E-state index contributed by atoms with van der Waals surface area (Å²) in [5.74, 6) is 0.679. The van der Waals surface area contributed by atoms with Crippen molar-refractivity contribution in [2.24, 2.45) is 0 Å². The third-order valence-electron chi connectivity index (χ3n) is 6.22. The van der Waals surface area contributed by atoms with E-state index in [1.54, 1.807) is 30.5 Å². The number of carbonyl (C=O) groups excluding carboxylic acids is 1. The molecule has 0 spiro atoms. The predicted octanol–water partition coefficient (Wildman–Crippen LogP) is 3.45. The third-order valence-corrected chi connectivity index (χ3v) is 6.22. The van der Waals surface area contributed by atoms with Crippen LogP contribution in [0.2, 0.25) is 0 Å². The Bertz CT molecular complexity index is 1560. The highest BCUT2D eigenvalue weighted by molar-refractivity contribution is 6.09. The maximum Gasteiger partial charge on any atom is 0.355 e. The van der Waals surface area contributed by atoms with Crippen LogP contribution in [0.25, 0.3) is 21.9 Å². The van der Waals surface area contributed by atoms with E-state index in [9.17, 15) is 14.7 Å². The van der Waals surface area contributed by atoms with Gasteiger partial charge in [-0.3, -0.25) is 14.3 Å². The normalized spacial score (nSPS) is 10.6. The first-order chi connectivity index (χ1) is 18.9. The third kappa shape index (κ3) is 5.65. The monoisotopic (exact) mass is 570 g/mol. The van der Waals surface area contributed by atoms with Gasteiger partial charge in [0.25, 0.3) is 5.56 Å². The molecule has 0 aliphatic rings. The Kier molecular flexibility index (Phi) is 9.92. The van der Waals surface area contributed by atoms with Gasteiger partial charge in [-0.15, -0.1) is 12.4 Å². The van der Waals surface area contributed by atoms with Crippen molar-refractivity contribution in [1.82, 2.24) is 14.5 Å². The molecule has 3 heterocycles. The molecule has 0 amide bonds. The SMILES string of the molecule is COC(=O)c1c(-c2cc(OC)c(OC)c(OC)c2)c2ccnc(NCCO)c2c(=O)n1Cc1ccnc(C)c1.Cl. The molecule has 4 rings (SSSR count). The lowest BCUT2D eigenvalue weighted by Gasteiger charge is -2.21. The number of aliphatic hydroxyl groups excluding tert-OH is 1.